The van der Waals surface area contributed by atoms with Crippen LogP contribution in [-0.2, 0) is 16.0 Å². The van der Waals surface area contributed by atoms with E-state index in [1.165, 1.54) is 0 Å². The molecule has 0 radical (unpaired) electrons. The van der Waals surface area contributed by atoms with Gasteiger partial charge in [0, 0.05) is 44.8 Å². The highest BCUT2D eigenvalue weighted by Crippen LogP contribution is 2.20. The highest BCUT2D eigenvalue weighted by Gasteiger charge is 2.23. The lowest BCUT2D eigenvalue weighted by molar-refractivity contribution is -0.131. The average molecular weight is 438 g/mol. The molecule has 0 aliphatic carbocycles. The maximum atomic E-state index is 13.0. The van der Waals surface area contributed by atoms with Crippen LogP contribution in [0.4, 0.5) is 5.69 Å². The monoisotopic (exact) mass is 437 g/mol. The standard InChI is InChI=1S/C26H35N3O3/c1-4-29(24-9-6-5-8-21(24)2)26(31)20-27-16-7-17-28(19-18-27)25(30)15-12-22-10-13-23(32-3)14-11-22/h5-6,8-11,13-14H,4,7,12,15-20H2,1-3H3. The Balaban J connectivity index is 1.50. The van der Waals surface area contributed by atoms with Gasteiger partial charge < -0.3 is 14.5 Å². The molecule has 1 aliphatic rings. The number of amides is 2. The molecule has 0 N–H and O–H groups in total. The molecule has 2 amide bonds. The summed E-state index contributed by atoms with van der Waals surface area (Å²) >= 11 is 0. The molecule has 1 fully saturated rings. The van der Waals surface area contributed by atoms with Crippen LogP contribution in [0, 0.1) is 6.92 Å². The van der Waals surface area contributed by atoms with E-state index in [9.17, 15) is 9.59 Å². The van der Waals surface area contributed by atoms with Gasteiger partial charge in [-0.3, -0.25) is 14.5 Å². The number of carbonyl (C=O) groups excluding carboxylic acids is 2. The molecule has 32 heavy (non-hydrogen) atoms. The maximum absolute atomic E-state index is 13.0. The molecule has 2 aromatic rings. The van der Waals surface area contributed by atoms with Crippen molar-refractivity contribution in [2.24, 2.45) is 0 Å². The Labute approximate surface area is 191 Å². The van der Waals surface area contributed by atoms with Gasteiger partial charge in [0.15, 0.2) is 0 Å². The Morgan fingerprint density at radius 3 is 2.44 bits per heavy atom. The van der Waals surface area contributed by atoms with Gasteiger partial charge in [-0.05, 0) is 56.0 Å². The van der Waals surface area contributed by atoms with Crippen LogP contribution in [0.1, 0.15) is 30.9 Å². The first-order chi connectivity index (χ1) is 15.5. The highest BCUT2D eigenvalue weighted by atomic mass is 16.5. The average Bonchev–Trinajstić information content (AvgIpc) is 3.05. The van der Waals surface area contributed by atoms with Crippen molar-refractivity contribution in [3.8, 4) is 5.75 Å². The second kappa shape index (κ2) is 11.7. The van der Waals surface area contributed by atoms with Crippen LogP contribution in [-0.4, -0.2) is 68.0 Å². The van der Waals surface area contributed by atoms with Crippen molar-refractivity contribution in [3.05, 3.63) is 59.7 Å². The fourth-order valence-corrected chi connectivity index (χ4v) is 4.20. The third kappa shape index (κ3) is 6.33. The predicted octanol–water partition coefficient (Wildman–Crippen LogP) is 3.52. The fourth-order valence-electron chi connectivity index (χ4n) is 4.20. The number of likely N-dealkylation sites (N-methyl/N-ethyl adjacent to an activating group) is 1. The van der Waals surface area contributed by atoms with Crippen LogP contribution in [0.15, 0.2) is 48.5 Å². The van der Waals surface area contributed by atoms with Crippen molar-refractivity contribution >= 4 is 17.5 Å². The Morgan fingerprint density at radius 2 is 1.75 bits per heavy atom. The van der Waals surface area contributed by atoms with Gasteiger partial charge in [-0.15, -0.1) is 0 Å². The molecular weight excluding hydrogens is 402 g/mol. The number of aryl methyl sites for hydroxylation is 2. The van der Waals surface area contributed by atoms with E-state index in [0.29, 0.717) is 26.1 Å². The molecule has 0 spiro atoms. The summed E-state index contributed by atoms with van der Waals surface area (Å²) in [5.41, 5.74) is 3.22. The molecule has 0 aromatic heterocycles. The van der Waals surface area contributed by atoms with Gasteiger partial charge in [0.1, 0.15) is 5.75 Å². The van der Waals surface area contributed by atoms with Gasteiger partial charge in [-0.1, -0.05) is 30.3 Å². The number of hydrogen-bond acceptors (Lipinski definition) is 4. The lowest BCUT2D eigenvalue weighted by Crippen LogP contribution is -2.42. The smallest absolute Gasteiger partial charge is 0.241 e. The number of ether oxygens (including phenoxy) is 1. The van der Waals surface area contributed by atoms with Gasteiger partial charge in [-0.25, -0.2) is 0 Å². The topological polar surface area (TPSA) is 53.1 Å². The molecule has 6 heteroatoms. The number of benzene rings is 2. The van der Waals surface area contributed by atoms with E-state index in [2.05, 4.69) is 4.90 Å². The minimum absolute atomic E-state index is 0.112. The van der Waals surface area contributed by atoms with E-state index in [1.54, 1.807) is 7.11 Å². The largest absolute Gasteiger partial charge is 0.497 e. The van der Waals surface area contributed by atoms with E-state index in [4.69, 9.17) is 4.74 Å². The van der Waals surface area contributed by atoms with Crippen molar-refractivity contribution in [3.63, 3.8) is 0 Å². The van der Waals surface area contributed by atoms with E-state index in [1.807, 2.05) is 72.2 Å². The van der Waals surface area contributed by atoms with E-state index >= 15 is 0 Å². The van der Waals surface area contributed by atoms with Crippen molar-refractivity contribution in [1.29, 1.82) is 0 Å². The zero-order chi connectivity index (χ0) is 22.9. The molecule has 0 saturated carbocycles. The molecule has 0 unspecified atom stereocenters. The van der Waals surface area contributed by atoms with Crippen LogP contribution in [0.2, 0.25) is 0 Å². The van der Waals surface area contributed by atoms with Crippen LogP contribution in [0.25, 0.3) is 0 Å². The first kappa shape index (κ1) is 23.8. The van der Waals surface area contributed by atoms with Gasteiger partial charge >= 0.3 is 0 Å². The lowest BCUT2D eigenvalue weighted by atomic mass is 10.1. The summed E-state index contributed by atoms with van der Waals surface area (Å²) in [6.07, 6.45) is 2.11. The van der Waals surface area contributed by atoms with Crippen molar-refractivity contribution < 1.29 is 14.3 Å². The van der Waals surface area contributed by atoms with Crippen molar-refractivity contribution in [2.45, 2.75) is 33.1 Å². The quantitative estimate of drug-likeness (QED) is 0.634. The third-order valence-corrected chi connectivity index (χ3v) is 6.11. The maximum Gasteiger partial charge on any atom is 0.241 e. The van der Waals surface area contributed by atoms with E-state index in [-0.39, 0.29) is 11.8 Å². The number of rotatable bonds is 8. The highest BCUT2D eigenvalue weighted by molar-refractivity contribution is 5.95. The van der Waals surface area contributed by atoms with Crippen LogP contribution < -0.4 is 9.64 Å². The lowest BCUT2D eigenvalue weighted by Gasteiger charge is -2.27. The molecule has 3 rings (SSSR count). The molecule has 1 heterocycles. The number of methoxy groups -OCH3 is 1. The molecule has 0 bridgehead atoms. The zero-order valence-corrected chi connectivity index (χ0v) is 19.5. The Morgan fingerprint density at radius 1 is 1.00 bits per heavy atom. The number of hydrogen-bond donors (Lipinski definition) is 0. The van der Waals surface area contributed by atoms with Crippen molar-refractivity contribution in [1.82, 2.24) is 9.80 Å². The SMILES string of the molecule is CCN(C(=O)CN1CCCN(C(=O)CCc2ccc(OC)cc2)CC1)c1ccccc1C. The second-order valence-corrected chi connectivity index (χ2v) is 8.28. The Kier molecular flexibility index (Phi) is 8.68. The number of carbonyl (C=O) groups is 2. The van der Waals surface area contributed by atoms with E-state index < -0.39 is 0 Å². The molecule has 1 saturated heterocycles. The Hall–Kier alpha value is -2.86. The molecule has 6 nitrogen and oxygen atoms in total. The summed E-state index contributed by atoms with van der Waals surface area (Å²) in [7, 11) is 1.65. The van der Waals surface area contributed by atoms with Gasteiger partial charge in [0.05, 0.1) is 13.7 Å². The molecular formula is C26H35N3O3. The second-order valence-electron chi connectivity index (χ2n) is 8.28. The molecule has 1 aliphatic heterocycles. The first-order valence-corrected chi connectivity index (χ1v) is 11.5. The summed E-state index contributed by atoms with van der Waals surface area (Å²) in [5.74, 6) is 1.12. The summed E-state index contributed by atoms with van der Waals surface area (Å²) < 4.78 is 5.19. The van der Waals surface area contributed by atoms with Crippen LogP contribution in [0.5, 0.6) is 5.75 Å². The summed E-state index contributed by atoms with van der Waals surface area (Å²) in [5, 5.41) is 0. The number of para-hydroxylation sites is 1. The molecule has 0 atom stereocenters. The molecule has 172 valence electrons. The minimum Gasteiger partial charge on any atom is -0.497 e. The van der Waals surface area contributed by atoms with E-state index in [0.717, 1.165) is 55.0 Å². The van der Waals surface area contributed by atoms with Crippen LogP contribution >= 0.6 is 0 Å². The normalized spacial score (nSPS) is 14.7. The zero-order valence-electron chi connectivity index (χ0n) is 19.5. The summed E-state index contributed by atoms with van der Waals surface area (Å²) in [4.78, 5) is 31.8. The van der Waals surface area contributed by atoms with Crippen molar-refractivity contribution in [2.75, 3.05) is 51.3 Å². The minimum atomic E-state index is 0.112. The molecule has 2 aromatic carbocycles. The van der Waals surface area contributed by atoms with Gasteiger partial charge in [-0.2, -0.15) is 0 Å². The predicted molar refractivity (Wildman–Crippen MR) is 128 cm³/mol. The third-order valence-electron chi connectivity index (χ3n) is 6.11. The number of anilines is 1. The summed E-state index contributed by atoms with van der Waals surface area (Å²) in [6, 6.07) is 15.9. The number of nitrogens with zero attached hydrogens (tertiary/aromatic N) is 3. The Bertz CT molecular complexity index is 897. The first-order valence-electron chi connectivity index (χ1n) is 11.5. The van der Waals surface area contributed by atoms with Crippen LogP contribution in [0.3, 0.4) is 0 Å². The summed E-state index contributed by atoms with van der Waals surface area (Å²) in [6.45, 7) is 8.06. The van der Waals surface area contributed by atoms with Gasteiger partial charge in [0.25, 0.3) is 0 Å². The van der Waals surface area contributed by atoms with Gasteiger partial charge in [0.2, 0.25) is 11.8 Å². The fraction of sp³-hybridized carbons (Fsp3) is 0.462.